The molecule has 0 heterocycles. The highest BCUT2D eigenvalue weighted by atomic mass is 32.2. The second kappa shape index (κ2) is 5.39. The lowest BCUT2D eigenvalue weighted by Gasteiger charge is -2.20. The number of ketones is 1. The maximum Gasteiger partial charge on any atom is 0.134 e. The first-order chi connectivity index (χ1) is 7.79. The molecule has 1 aromatic carbocycles. The van der Waals surface area contributed by atoms with Crippen molar-refractivity contribution in [2.24, 2.45) is 0 Å². The van der Waals surface area contributed by atoms with Gasteiger partial charge in [-0.3, -0.25) is 4.79 Å². The predicted octanol–water partition coefficient (Wildman–Crippen LogP) is 3.30. The van der Waals surface area contributed by atoms with Crippen molar-refractivity contribution in [3.8, 4) is 5.75 Å². The molecule has 2 rings (SSSR count). The van der Waals surface area contributed by atoms with E-state index in [1.54, 1.807) is 18.9 Å². The zero-order valence-corrected chi connectivity index (χ0v) is 10.3. The highest BCUT2D eigenvalue weighted by Crippen LogP contribution is 2.37. The van der Waals surface area contributed by atoms with Crippen LogP contribution in [-0.2, 0) is 4.79 Å². The number of thioether (sulfide) groups is 1. The van der Waals surface area contributed by atoms with E-state index in [0.717, 1.165) is 29.9 Å². The molecule has 1 aliphatic carbocycles. The number of ether oxygens (including phenoxy) is 1. The minimum atomic E-state index is 0.402. The van der Waals surface area contributed by atoms with Crippen LogP contribution >= 0.6 is 11.8 Å². The van der Waals surface area contributed by atoms with Gasteiger partial charge in [0.2, 0.25) is 0 Å². The van der Waals surface area contributed by atoms with Crippen LogP contribution in [-0.4, -0.2) is 18.1 Å². The minimum absolute atomic E-state index is 0.402. The summed E-state index contributed by atoms with van der Waals surface area (Å²) in [6, 6.07) is 8.00. The molecular weight excluding hydrogens is 220 g/mol. The molecule has 0 spiro atoms. The maximum atomic E-state index is 11.4. The second-order valence-corrected chi connectivity index (χ2v) is 5.37. The first-order valence-electron chi connectivity index (χ1n) is 5.61. The van der Waals surface area contributed by atoms with Crippen LogP contribution in [0.4, 0.5) is 0 Å². The number of para-hydroxylation sites is 1. The van der Waals surface area contributed by atoms with Gasteiger partial charge in [-0.25, -0.2) is 0 Å². The van der Waals surface area contributed by atoms with Crippen molar-refractivity contribution in [2.75, 3.05) is 7.11 Å². The zero-order valence-electron chi connectivity index (χ0n) is 9.44. The predicted molar refractivity (Wildman–Crippen MR) is 66.1 cm³/mol. The molecule has 0 aromatic heterocycles. The van der Waals surface area contributed by atoms with E-state index in [1.807, 2.05) is 18.2 Å². The van der Waals surface area contributed by atoms with Gasteiger partial charge in [0, 0.05) is 23.0 Å². The summed E-state index contributed by atoms with van der Waals surface area (Å²) in [4.78, 5) is 12.5. The fourth-order valence-corrected chi connectivity index (χ4v) is 3.32. The van der Waals surface area contributed by atoms with Crippen molar-refractivity contribution in [3.05, 3.63) is 24.3 Å². The van der Waals surface area contributed by atoms with Gasteiger partial charge in [0.05, 0.1) is 7.11 Å². The van der Waals surface area contributed by atoms with Gasteiger partial charge in [-0.05, 0) is 25.0 Å². The normalized spacial score (nSPS) is 20.8. The first kappa shape index (κ1) is 11.5. The van der Waals surface area contributed by atoms with E-state index in [2.05, 4.69) is 6.07 Å². The highest BCUT2D eigenvalue weighted by Gasteiger charge is 2.21. The molecule has 1 atom stereocenters. The number of Topliss-reactive ketones (excluding diaryl/α,β-unsaturated/α-hetero) is 1. The number of hydrogen-bond acceptors (Lipinski definition) is 3. The lowest BCUT2D eigenvalue weighted by molar-refractivity contribution is -0.120. The number of methoxy groups -OCH3 is 1. The Morgan fingerprint density at radius 3 is 2.94 bits per heavy atom. The summed E-state index contributed by atoms with van der Waals surface area (Å²) in [5.74, 6) is 1.31. The smallest absolute Gasteiger partial charge is 0.134 e. The molecule has 0 amide bonds. The summed E-state index contributed by atoms with van der Waals surface area (Å²) in [5.41, 5.74) is 0. The van der Waals surface area contributed by atoms with Crippen LogP contribution in [0.5, 0.6) is 5.75 Å². The molecule has 0 unspecified atom stereocenters. The van der Waals surface area contributed by atoms with Gasteiger partial charge >= 0.3 is 0 Å². The second-order valence-electron chi connectivity index (χ2n) is 4.03. The Bertz CT molecular complexity index is 376. The van der Waals surface area contributed by atoms with Crippen LogP contribution in [0.2, 0.25) is 0 Å². The van der Waals surface area contributed by atoms with E-state index in [-0.39, 0.29) is 0 Å². The maximum absolute atomic E-state index is 11.4. The van der Waals surface area contributed by atoms with Gasteiger partial charge in [0.1, 0.15) is 11.5 Å². The largest absolute Gasteiger partial charge is 0.496 e. The Morgan fingerprint density at radius 2 is 2.19 bits per heavy atom. The molecule has 1 aromatic rings. The fourth-order valence-electron chi connectivity index (χ4n) is 1.98. The molecule has 3 heteroatoms. The lowest BCUT2D eigenvalue weighted by Crippen LogP contribution is -2.16. The van der Waals surface area contributed by atoms with Gasteiger partial charge in [-0.2, -0.15) is 0 Å². The standard InChI is InChI=1S/C13H16O2S/c1-15-12-7-2-3-8-13(12)16-11-6-4-5-10(14)9-11/h2-3,7-8,11H,4-6,9H2,1H3/t11-/m0/s1. The van der Waals surface area contributed by atoms with Crippen molar-refractivity contribution in [1.29, 1.82) is 0 Å². The molecule has 86 valence electrons. The fraction of sp³-hybridized carbons (Fsp3) is 0.462. The quantitative estimate of drug-likeness (QED) is 0.805. The first-order valence-corrected chi connectivity index (χ1v) is 6.49. The Balaban J connectivity index is 2.05. The molecule has 1 fully saturated rings. The monoisotopic (exact) mass is 236 g/mol. The number of carbonyl (C=O) groups excluding carboxylic acids is 1. The van der Waals surface area contributed by atoms with Crippen LogP contribution in [0.25, 0.3) is 0 Å². The molecule has 1 aliphatic rings. The Kier molecular flexibility index (Phi) is 3.88. The molecule has 2 nitrogen and oxygen atoms in total. The van der Waals surface area contributed by atoms with Crippen LogP contribution in [0, 0.1) is 0 Å². The van der Waals surface area contributed by atoms with Gasteiger partial charge in [-0.1, -0.05) is 12.1 Å². The SMILES string of the molecule is COc1ccccc1S[C@H]1CCCC(=O)C1. The van der Waals surface area contributed by atoms with E-state index >= 15 is 0 Å². The number of carbonyl (C=O) groups is 1. The molecular formula is C13H16O2S. The van der Waals surface area contributed by atoms with E-state index < -0.39 is 0 Å². The molecule has 0 saturated heterocycles. The Hall–Kier alpha value is -0.960. The summed E-state index contributed by atoms with van der Waals surface area (Å²) >= 11 is 1.77. The van der Waals surface area contributed by atoms with Crippen molar-refractivity contribution in [1.82, 2.24) is 0 Å². The molecule has 1 saturated carbocycles. The zero-order chi connectivity index (χ0) is 11.4. The average Bonchev–Trinajstić information content (AvgIpc) is 2.30. The van der Waals surface area contributed by atoms with Crippen molar-refractivity contribution in [2.45, 2.75) is 35.8 Å². The third-order valence-corrected chi connectivity index (χ3v) is 4.13. The van der Waals surface area contributed by atoms with Crippen LogP contribution < -0.4 is 4.74 Å². The molecule has 0 N–H and O–H groups in total. The summed E-state index contributed by atoms with van der Waals surface area (Å²) in [7, 11) is 1.69. The van der Waals surface area contributed by atoms with Gasteiger partial charge in [0.25, 0.3) is 0 Å². The Morgan fingerprint density at radius 1 is 1.38 bits per heavy atom. The number of rotatable bonds is 3. The number of hydrogen-bond donors (Lipinski definition) is 0. The highest BCUT2D eigenvalue weighted by molar-refractivity contribution is 8.00. The third-order valence-electron chi connectivity index (χ3n) is 2.80. The van der Waals surface area contributed by atoms with Gasteiger partial charge in [0.15, 0.2) is 0 Å². The Labute approximate surface area is 100 Å². The third kappa shape index (κ3) is 2.79. The molecule has 16 heavy (non-hydrogen) atoms. The van der Waals surface area contributed by atoms with Crippen LogP contribution in [0.1, 0.15) is 25.7 Å². The van der Waals surface area contributed by atoms with Crippen molar-refractivity contribution < 1.29 is 9.53 Å². The van der Waals surface area contributed by atoms with E-state index in [1.165, 1.54) is 0 Å². The number of benzene rings is 1. The molecule has 0 radical (unpaired) electrons. The van der Waals surface area contributed by atoms with Crippen LogP contribution in [0.15, 0.2) is 29.2 Å². The van der Waals surface area contributed by atoms with Crippen molar-refractivity contribution >= 4 is 17.5 Å². The summed E-state index contributed by atoms with van der Waals surface area (Å²) in [6.07, 6.45) is 3.64. The summed E-state index contributed by atoms with van der Waals surface area (Å²) in [5, 5.41) is 0.428. The lowest BCUT2D eigenvalue weighted by atomic mass is 9.99. The summed E-state index contributed by atoms with van der Waals surface area (Å²) in [6.45, 7) is 0. The molecule has 0 aliphatic heterocycles. The van der Waals surface area contributed by atoms with Crippen molar-refractivity contribution in [3.63, 3.8) is 0 Å². The van der Waals surface area contributed by atoms with Crippen LogP contribution in [0.3, 0.4) is 0 Å². The van der Waals surface area contributed by atoms with E-state index in [0.29, 0.717) is 17.5 Å². The topological polar surface area (TPSA) is 26.3 Å². The van der Waals surface area contributed by atoms with E-state index in [4.69, 9.17) is 4.74 Å². The van der Waals surface area contributed by atoms with Gasteiger partial charge < -0.3 is 4.74 Å². The minimum Gasteiger partial charge on any atom is -0.496 e. The van der Waals surface area contributed by atoms with E-state index in [9.17, 15) is 4.79 Å². The van der Waals surface area contributed by atoms with Gasteiger partial charge in [-0.15, -0.1) is 11.8 Å². The average molecular weight is 236 g/mol. The molecule has 0 bridgehead atoms. The summed E-state index contributed by atoms with van der Waals surface area (Å²) < 4.78 is 5.31.